The molecule has 0 bridgehead atoms. The number of thioether (sulfide) groups is 1. The number of amides is 1. The Labute approximate surface area is 137 Å². The van der Waals surface area contributed by atoms with E-state index in [1.54, 1.807) is 19.9 Å². The standard InChI is InChI=1S/C15H14FNO3S2/c1-8(2)12(14(19)20)17-13(18)11(22-15(17)21)7-9-4-3-5-10(16)6-9/h3-8,12H,1-2H3,(H,19,20)/b11-7+/t12-/m1/s1. The second-order valence-electron chi connectivity index (χ2n) is 5.13. The van der Waals surface area contributed by atoms with Crippen LogP contribution in [0.3, 0.4) is 0 Å². The minimum Gasteiger partial charge on any atom is -0.480 e. The van der Waals surface area contributed by atoms with Gasteiger partial charge in [-0.05, 0) is 29.7 Å². The number of nitrogens with zero attached hydrogens (tertiary/aromatic N) is 1. The maximum Gasteiger partial charge on any atom is 0.327 e. The smallest absolute Gasteiger partial charge is 0.327 e. The number of hydrogen-bond donors (Lipinski definition) is 1. The molecule has 0 radical (unpaired) electrons. The van der Waals surface area contributed by atoms with Crippen LogP contribution >= 0.6 is 24.0 Å². The van der Waals surface area contributed by atoms with Gasteiger partial charge in [-0.25, -0.2) is 9.18 Å². The lowest BCUT2D eigenvalue weighted by Crippen LogP contribution is -2.47. The number of benzene rings is 1. The largest absolute Gasteiger partial charge is 0.480 e. The maximum absolute atomic E-state index is 13.2. The van der Waals surface area contributed by atoms with Gasteiger partial charge >= 0.3 is 5.97 Å². The van der Waals surface area contributed by atoms with Gasteiger partial charge in [0.15, 0.2) is 0 Å². The Bertz CT molecular complexity index is 673. The third-order valence-electron chi connectivity index (χ3n) is 3.13. The summed E-state index contributed by atoms with van der Waals surface area (Å²) in [6.45, 7) is 3.43. The van der Waals surface area contributed by atoms with E-state index in [9.17, 15) is 19.1 Å². The van der Waals surface area contributed by atoms with E-state index in [4.69, 9.17) is 12.2 Å². The molecule has 1 fully saturated rings. The summed E-state index contributed by atoms with van der Waals surface area (Å²) >= 11 is 6.17. The Balaban J connectivity index is 2.34. The fourth-order valence-electron chi connectivity index (χ4n) is 2.16. The lowest BCUT2D eigenvalue weighted by molar-refractivity contribution is -0.146. The monoisotopic (exact) mass is 339 g/mol. The number of rotatable bonds is 4. The van der Waals surface area contributed by atoms with Crippen molar-refractivity contribution in [3.05, 3.63) is 40.6 Å². The van der Waals surface area contributed by atoms with Crippen LogP contribution in [0.1, 0.15) is 19.4 Å². The number of aliphatic carboxylic acids is 1. The van der Waals surface area contributed by atoms with Crippen LogP contribution < -0.4 is 0 Å². The number of thiocarbonyl (C=S) groups is 1. The third-order valence-corrected chi connectivity index (χ3v) is 4.46. The van der Waals surface area contributed by atoms with Crippen LogP contribution in [-0.4, -0.2) is 32.2 Å². The van der Waals surface area contributed by atoms with E-state index in [1.807, 2.05) is 0 Å². The molecular weight excluding hydrogens is 325 g/mol. The molecule has 1 amide bonds. The van der Waals surface area contributed by atoms with Crippen LogP contribution in [0, 0.1) is 11.7 Å². The number of hydrogen-bond acceptors (Lipinski definition) is 4. The second kappa shape index (κ2) is 6.58. The number of carbonyl (C=O) groups excluding carboxylic acids is 1. The lowest BCUT2D eigenvalue weighted by atomic mass is 10.0. The van der Waals surface area contributed by atoms with Crippen molar-refractivity contribution in [2.75, 3.05) is 0 Å². The van der Waals surface area contributed by atoms with Gasteiger partial charge in [-0.3, -0.25) is 9.69 Å². The van der Waals surface area contributed by atoms with E-state index in [-0.39, 0.29) is 10.2 Å². The molecule has 1 atom stereocenters. The van der Waals surface area contributed by atoms with Crippen LogP contribution in [0.25, 0.3) is 6.08 Å². The zero-order valence-electron chi connectivity index (χ0n) is 11.9. The Kier molecular flexibility index (Phi) is 4.97. The summed E-state index contributed by atoms with van der Waals surface area (Å²) in [6, 6.07) is 4.79. The highest BCUT2D eigenvalue weighted by Crippen LogP contribution is 2.35. The molecular formula is C15H14FNO3S2. The van der Waals surface area contributed by atoms with E-state index in [2.05, 4.69) is 0 Å². The van der Waals surface area contributed by atoms with Gasteiger partial charge in [0.05, 0.1) is 4.91 Å². The minimum atomic E-state index is -1.10. The van der Waals surface area contributed by atoms with Gasteiger partial charge in [-0.1, -0.05) is 50.0 Å². The molecule has 1 heterocycles. The molecule has 1 aromatic carbocycles. The maximum atomic E-state index is 13.2. The minimum absolute atomic E-state index is 0.203. The van der Waals surface area contributed by atoms with Gasteiger partial charge in [-0.2, -0.15) is 0 Å². The molecule has 0 saturated carbocycles. The predicted octanol–water partition coefficient (Wildman–Crippen LogP) is 3.14. The Morgan fingerprint density at radius 1 is 1.45 bits per heavy atom. The fraction of sp³-hybridized carbons (Fsp3) is 0.267. The molecule has 0 unspecified atom stereocenters. The van der Waals surface area contributed by atoms with Crippen molar-refractivity contribution in [2.24, 2.45) is 5.92 Å². The first-order chi connectivity index (χ1) is 10.3. The highest BCUT2D eigenvalue weighted by atomic mass is 32.2. The van der Waals surface area contributed by atoms with Gasteiger partial charge in [0, 0.05) is 0 Å². The number of halogens is 1. The molecule has 22 heavy (non-hydrogen) atoms. The first kappa shape index (κ1) is 16.6. The molecule has 116 valence electrons. The van der Waals surface area contributed by atoms with Crippen LogP contribution in [0.4, 0.5) is 4.39 Å². The zero-order chi connectivity index (χ0) is 16.4. The third kappa shape index (κ3) is 3.36. The van der Waals surface area contributed by atoms with Crippen LogP contribution in [0.2, 0.25) is 0 Å². The van der Waals surface area contributed by atoms with E-state index in [0.29, 0.717) is 10.5 Å². The molecule has 0 spiro atoms. The van der Waals surface area contributed by atoms with Crippen molar-refractivity contribution >= 4 is 46.3 Å². The molecule has 4 nitrogen and oxygen atoms in total. The highest BCUT2D eigenvalue weighted by molar-refractivity contribution is 8.26. The number of carbonyl (C=O) groups is 2. The van der Waals surface area contributed by atoms with Crippen molar-refractivity contribution in [3.8, 4) is 0 Å². The second-order valence-corrected chi connectivity index (χ2v) is 6.81. The summed E-state index contributed by atoms with van der Waals surface area (Å²) < 4.78 is 13.4. The molecule has 1 saturated heterocycles. The molecule has 1 aliphatic heterocycles. The van der Waals surface area contributed by atoms with Crippen molar-refractivity contribution in [1.82, 2.24) is 4.90 Å². The van der Waals surface area contributed by atoms with E-state index in [1.165, 1.54) is 24.3 Å². The van der Waals surface area contributed by atoms with Crippen molar-refractivity contribution < 1.29 is 19.1 Å². The molecule has 2 rings (SSSR count). The summed E-state index contributed by atoms with van der Waals surface area (Å²) in [6.07, 6.45) is 1.52. The molecule has 1 aliphatic rings. The van der Waals surface area contributed by atoms with Gasteiger partial charge in [-0.15, -0.1) is 0 Å². The van der Waals surface area contributed by atoms with Crippen LogP contribution in [-0.2, 0) is 9.59 Å². The summed E-state index contributed by atoms with van der Waals surface area (Å²) in [5, 5.41) is 9.32. The van der Waals surface area contributed by atoms with Crippen LogP contribution in [0.15, 0.2) is 29.2 Å². The van der Waals surface area contributed by atoms with E-state index < -0.39 is 23.7 Å². The first-order valence-electron chi connectivity index (χ1n) is 6.56. The van der Waals surface area contributed by atoms with Gasteiger partial charge < -0.3 is 5.11 Å². The molecule has 0 aliphatic carbocycles. The summed E-state index contributed by atoms with van der Waals surface area (Å²) in [7, 11) is 0. The number of carboxylic acid groups (broad SMARTS) is 1. The quantitative estimate of drug-likeness (QED) is 0.675. The summed E-state index contributed by atoms with van der Waals surface area (Å²) in [5.41, 5.74) is 0.525. The molecule has 0 aromatic heterocycles. The Morgan fingerprint density at radius 2 is 2.14 bits per heavy atom. The normalized spacial score (nSPS) is 18.4. The molecule has 1 aromatic rings. The predicted molar refractivity (Wildman–Crippen MR) is 87.7 cm³/mol. The fourth-order valence-corrected chi connectivity index (χ4v) is 3.49. The van der Waals surface area contributed by atoms with E-state index >= 15 is 0 Å². The zero-order valence-corrected chi connectivity index (χ0v) is 13.6. The SMILES string of the molecule is CC(C)[C@H](C(=O)O)N1C(=O)/C(=C\c2cccc(F)c2)SC1=S. The van der Waals surface area contributed by atoms with E-state index in [0.717, 1.165) is 16.7 Å². The molecule has 7 heteroatoms. The number of carboxylic acids is 1. The van der Waals surface area contributed by atoms with Gasteiger partial charge in [0.1, 0.15) is 16.2 Å². The molecule has 1 N–H and O–H groups in total. The van der Waals surface area contributed by atoms with Gasteiger partial charge in [0.25, 0.3) is 5.91 Å². The van der Waals surface area contributed by atoms with Crippen molar-refractivity contribution in [2.45, 2.75) is 19.9 Å². The van der Waals surface area contributed by atoms with Crippen molar-refractivity contribution in [1.29, 1.82) is 0 Å². The first-order valence-corrected chi connectivity index (χ1v) is 7.79. The van der Waals surface area contributed by atoms with Crippen molar-refractivity contribution in [3.63, 3.8) is 0 Å². The highest BCUT2D eigenvalue weighted by Gasteiger charge is 2.41. The van der Waals surface area contributed by atoms with Crippen LogP contribution in [0.5, 0.6) is 0 Å². The topological polar surface area (TPSA) is 57.6 Å². The van der Waals surface area contributed by atoms with Gasteiger partial charge in [0.2, 0.25) is 0 Å². The summed E-state index contributed by atoms with van der Waals surface area (Å²) in [4.78, 5) is 25.3. The Hall–Kier alpha value is -1.73. The summed E-state index contributed by atoms with van der Waals surface area (Å²) in [5.74, 6) is -2.25. The average Bonchev–Trinajstić information content (AvgIpc) is 2.66. The Morgan fingerprint density at radius 3 is 2.68 bits per heavy atom. The average molecular weight is 339 g/mol. The lowest BCUT2D eigenvalue weighted by Gasteiger charge is -2.26.